The summed E-state index contributed by atoms with van der Waals surface area (Å²) in [7, 11) is 4.03. The number of piperidine rings is 1. The van der Waals surface area contributed by atoms with E-state index in [9.17, 15) is 13.6 Å². The molecule has 1 aromatic carbocycles. The monoisotopic (exact) mass is 352 g/mol. The van der Waals surface area contributed by atoms with Gasteiger partial charge in [0.2, 0.25) is 5.91 Å². The molecule has 1 aliphatic rings. The van der Waals surface area contributed by atoms with Crippen LogP contribution in [0.5, 0.6) is 0 Å². The lowest BCUT2D eigenvalue weighted by molar-refractivity contribution is -0.121. The van der Waals surface area contributed by atoms with Gasteiger partial charge in [0, 0.05) is 31.8 Å². The van der Waals surface area contributed by atoms with Crippen LogP contribution in [0.1, 0.15) is 12.8 Å². The average Bonchev–Trinajstić information content (AvgIpc) is 2.96. The topological polar surface area (TPSA) is 61.6 Å². The molecule has 0 spiro atoms. The lowest BCUT2D eigenvalue weighted by atomic mass is 9.97. The van der Waals surface area contributed by atoms with Gasteiger partial charge in [-0.2, -0.15) is 4.98 Å². The summed E-state index contributed by atoms with van der Waals surface area (Å²) in [6.07, 6.45) is 1.73. The van der Waals surface area contributed by atoms with E-state index in [1.165, 1.54) is 0 Å². The van der Waals surface area contributed by atoms with Crippen LogP contribution in [0.3, 0.4) is 0 Å². The molecule has 1 amide bonds. The zero-order valence-electron chi connectivity index (χ0n) is 14.4. The summed E-state index contributed by atoms with van der Waals surface area (Å²) in [4.78, 5) is 20.7. The summed E-state index contributed by atoms with van der Waals surface area (Å²) >= 11 is 0. The normalized spacial score (nSPS) is 18.8. The number of carbonyl (C=O) groups excluding carboxylic acids is 1. The van der Waals surface area contributed by atoms with E-state index in [0.717, 1.165) is 44.6 Å². The number of hydrogen-bond acceptors (Lipinski definition) is 5. The zero-order valence-corrected chi connectivity index (χ0v) is 14.4. The van der Waals surface area contributed by atoms with Crippen molar-refractivity contribution in [2.45, 2.75) is 12.8 Å². The van der Waals surface area contributed by atoms with Gasteiger partial charge in [-0.15, -0.1) is 0 Å². The predicted octanol–water partition coefficient (Wildman–Crippen LogP) is 2.32. The third kappa shape index (κ3) is 4.32. The highest BCUT2D eigenvalue weighted by Gasteiger charge is 2.27. The quantitative estimate of drug-likeness (QED) is 0.895. The van der Waals surface area contributed by atoms with Crippen LogP contribution in [-0.2, 0) is 4.79 Å². The first kappa shape index (κ1) is 17.8. The fraction of sp³-hybridized carbons (Fsp3) is 0.529. The molecule has 8 heteroatoms. The van der Waals surface area contributed by atoms with E-state index in [2.05, 4.69) is 20.1 Å². The molecular weight excluding hydrogens is 330 g/mol. The standard InChI is InChI=1S/C17H22F2N4O2/c1-22(2)6-7-23-5-3-4-11(10-23)16(24)21-17-20-15-13(19)8-12(18)9-14(15)25-17/h8-9,11H,3-7,10H2,1-2H3,(H,20,21,24). The third-order valence-electron chi connectivity index (χ3n) is 4.38. The second kappa shape index (κ2) is 7.45. The summed E-state index contributed by atoms with van der Waals surface area (Å²) in [5.74, 6) is -1.94. The van der Waals surface area contributed by atoms with Gasteiger partial charge in [-0.3, -0.25) is 10.1 Å². The van der Waals surface area contributed by atoms with Crippen LogP contribution in [0.2, 0.25) is 0 Å². The number of likely N-dealkylation sites (tertiary alicyclic amines) is 1. The van der Waals surface area contributed by atoms with E-state index >= 15 is 0 Å². The number of carbonyl (C=O) groups is 1. The van der Waals surface area contributed by atoms with Crippen molar-refractivity contribution in [2.75, 3.05) is 45.6 Å². The Balaban J connectivity index is 1.64. The first-order valence-electron chi connectivity index (χ1n) is 8.36. The van der Waals surface area contributed by atoms with Crippen LogP contribution in [-0.4, -0.2) is 61.0 Å². The first-order valence-corrected chi connectivity index (χ1v) is 8.36. The van der Waals surface area contributed by atoms with Crippen molar-refractivity contribution in [1.29, 1.82) is 0 Å². The Kier molecular flexibility index (Phi) is 5.29. The number of halogens is 2. The average molecular weight is 352 g/mol. The minimum Gasteiger partial charge on any atom is -0.423 e. The van der Waals surface area contributed by atoms with Gasteiger partial charge in [-0.05, 0) is 33.5 Å². The molecule has 136 valence electrons. The van der Waals surface area contributed by atoms with Crippen molar-refractivity contribution in [2.24, 2.45) is 5.92 Å². The van der Waals surface area contributed by atoms with E-state index in [0.29, 0.717) is 6.54 Å². The smallest absolute Gasteiger partial charge is 0.302 e. The number of rotatable bonds is 5. The molecule has 25 heavy (non-hydrogen) atoms. The van der Waals surface area contributed by atoms with Crippen molar-refractivity contribution in [1.82, 2.24) is 14.8 Å². The molecule has 2 heterocycles. The Morgan fingerprint density at radius 3 is 3.00 bits per heavy atom. The van der Waals surface area contributed by atoms with Gasteiger partial charge in [0.15, 0.2) is 11.4 Å². The second-order valence-corrected chi connectivity index (χ2v) is 6.69. The molecule has 1 unspecified atom stereocenters. The molecule has 6 nitrogen and oxygen atoms in total. The largest absolute Gasteiger partial charge is 0.423 e. The fourth-order valence-corrected chi connectivity index (χ4v) is 3.03. The number of amides is 1. The van der Waals surface area contributed by atoms with Crippen LogP contribution in [0.15, 0.2) is 16.5 Å². The van der Waals surface area contributed by atoms with Gasteiger partial charge in [0.05, 0.1) is 5.92 Å². The van der Waals surface area contributed by atoms with Crippen LogP contribution >= 0.6 is 0 Å². The summed E-state index contributed by atoms with van der Waals surface area (Å²) in [6.45, 7) is 3.49. The number of anilines is 1. The molecule has 0 aliphatic carbocycles. The number of hydrogen-bond donors (Lipinski definition) is 1. The fourth-order valence-electron chi connectivity index (χ4n) is 3.03. The van der Waals surface area contributed by atoms with Crippen molar-refractivity contribution in [3.05, 3.63) is 23.8 Å². The highest BCUT2D eigenvalue weighted by molar-refractivity contribution is 5.92. The van der Waals surface area contributed by atoms with Gasteiger partial charge in [-0.25, -0.2) is 8.78 Å². The van der Waals surface area contributed by atoms with Crippen molar-refractivity contribution in [3.63, 3.8) is 0 Å². The van der Waals surface area contributed by atoms with E-state index in [-0.39, 0.29) is 28.9 Å². The molecule has 1 N–H and O–H groups in total. The molecule has 1 fully saturated rings. The molecule has 2 aromatic rings. The predicted molar refractivity (Wildman–Crippen MR) is 90.3 cm³/mol. The Morgan fingerprint density at radius 2 is 2.24 bits per heavy atom. The highest BCUT2D eigenvalue weighted by Crippen LogP contribution is 2.24. The summed E-state index contributed by atoms with van der Waals surface area (Å²) in [5.41, 5.74) is -0.114. The minimum absolute atomic E-state index is 0.0240. The Bertz CT molecular complexity index is 762. The SMILES string of the molecule is CN(C)CCN1CCCC(C(=O)Nc2nc3c(F)cc(F)cc3o2)C1. The maximum atomic E-state index is 13.7. The van der Waals surface area contributed by atoms with Crippen molar-refractivity contribution in [3.8, 4) is 0 Å². The molecular formula is C17H22F2N4O2. The van der Waals surface area contributed by atoms with Crippen molar-refractivity contribution >= 4 is 23.0 Å². The lowest BCUT2D eigenvalue weighted by Crippen LogP contribution is -2.43. The zero-order chi connectivity index (χ0) is 18.0. The van der Waals surface area contributed by atoms with E-state index in [1.54, 1.807) is 0 Å². The van der Waals surface area contributed by atoms with Crippen LogP contribution in [0.25, 0.3) is 11.1 Å². The Morgan fingerprint density at radius 1 is 1.44 bits per heavy atom. The molecule has 3 rings (SSSR count). The van der Waals surface area contributed by atoms with Crippen LogP contribution in [0, 0.1) is 17.6 Å². The summed E-state index contributed by atoms with van der Waals surface area (Å²) in [6, 6.07) is 1.68. The number of likely N-dealkylation sites (N-methyl/N-ethyl adjacent to an activating group) is 1. The molecule has 1 aliphatic heterocycles. The molecule has 1 aromatic heterocycles. The van der Waals surface area contributed by atoms with E-state index < -0.39 is 11.6 Å². The lowest BCUT2D eigenvalue weighted by Gasteiger charge is -2.32. The molecule has 0 radical (unpaired) electrons. The van der Waals surface area contributed by atoms with Gasteiger partial charge >= 0.3 is 6.01 Å². The van der Waals surface area contributed by atoms with Crippen LogP contribution < -0.4 is 5.32 Å². The third-order valence-corrected chi connectivity index (χ3v) is 4.38. The number of aromatic nitrogens is 1. The highest BCUT2D eigenvalue weighted by atomic mass is 19.1. The summed E-state index contributed by atoms with van der Waals surface area (Å²) < 4.78 is 32.1. The van der Waals surface area contributed by atoms with E-state index in [4.69, 9.17) is 4.42 Å². The van der Waals surface area contributed by atoms with Gasteiger partial charge in [-0.1, -0.05) is 0 Å². The van der Waals surface area contributed by atoms with E-state index in [1.807, 2.05) is 14.1 Å². The summed E-state index contributed by atoms with van der Waals surface area (Å²) in [5, 5.41) is 2.59. The number of fused-ring (bicyclic) bond motifs is 1. The first-order chi connectivity index (χ1) is 11.9. The number of oxazole rings is 1. The molecule has 0 saturated carbocycles. The minimum atomic E-state index is -0.813. The number of benzene rings is 1. The Labute approximate surface area is 144 Å². The van der Waals surface area contributed by atoms with Gasteiger partial charge in [0.1, 0.15) is 11.3 Å². The number of nitrogens with one attached hydrogen (secondary N) is 1. The van der Waals surface area contributed by atoms with Gasteiger partial charge < -0.3 is 14.2 Å². The molecule has 1 saturated heterocycles. The maximum absolute atomic E-state index is 13.7. The van der Waals surface area contributed by atoms with Crippen LogP contribution in [0.4, 0.5) is 14.8 Å². The number of nitrogens with zero attached hydrogens (tertiary/aromatic N) is 3. The van der Waals surface area contributed by atoms with Gasteiger partial charge in [0.25, 0.3) is 0 Å². The molecule has 1 atom stereocenters. The Hall–Kier alpha value is -2.06. The van der Waals surface area contributed by atoms with Crippen molar-refractivity contribution < 1.29 is 18.0 Å². The second-order valence-electron chi connectivity index (χ2n) is 6.69. The maximum Gasteiger partial charge on any atom is 0.302 e. The molecule has 0 bridgehead atoms.